The summed E-state index contributed by atoms with van der Waals surface area (Å²) >= 11 is 0. The molecule has 0 spiro atoms. The Morgan fingerprint density at radius 1 is 0.636 bits per heavy atom. The summed E-state index contributed by atoms with van der Waals surface area (Å²) in [5, 5.41) is 0.833. The van der Waals surface area contributed by atoms with Crippen LogP contribution in [0.5, 0.6) is 0 Å². The summed E-state index contributed by atoms with van der Waals surface area (Å²) in [7, 11) is 5.43. The maximum atomic E-state index is 2.72. The van der Waals surface area contributed by atoms with E-state index in [2.05, 4.69) is 60.0 Å². The molecule has 11 heavy (non-hydrogen) atoms. The van der Waals surface area contributed by atoms with Crippen molar-refractivity contribution in [3.63, 3.8) is 0 Å². The van der Waals surface area contributed by atoms with Gasteiger partial charge in [0.15, 0.2) is 0 Å². The first-order chi connectivity index (χ1) is 4.00. The molecular formula is C8H23FP2. The lowest BCUT2D eigenvalue weighted by Gasteiger charge is -2.05. The van der Waals surface area contributed by atoms with Crippen LogP contribution in [0.1, 0.15) is 41.5 Å². The molecule has 2 atom stereocenters. The van der Waals surface area contributed by atoms with Crippen LogP contribution in [0, 0.1) is 0 Å². The molecule has 0 aliphatic heterocycles. The van der Waals surface area contributed by atoms with Crippen molar-refractivity contribution in [2.24, 2.45) is 0 Å². The summed E-state index contributed by atoms with van der Waals surface area (Å²) < 4.78 is 0. The van der Waals surface area contributed by atoms with E-state index in [4.69, 9.17) is 0 Å². The zero-order chi connectivity index (χ0) is 9.00. The molecule has 0 bridgehead atoms. The van der Waals surface area contributed by atoms with E-state index in [1.54, 1.807) is 0 Å². The third-order valence-corrected chi connectivity index (χ3v) is 0. The topological polar surface area (TPSA) is 0 Å². The number of halogens is 1. The van der Waals surface area contributed by atoms with E-state index >= 15 is 0 Å². The van der Waals surface area contributed by atoms with Crippen LogP contribution in [0.15, 0.2) is 0 Å². The van der Waals surface area contributed by atoms with Crippen molar-refractivity contribution in [2.75, 3.05) is 0 Å². The number of rotatable bonds is 0. The predicted octanol–water partition coefficient (Wildman–Crippen LogP) is 3.47. The van der Waals surface area contributed by atoms with Gasteiger partial charge in [-0.3, -0.25) is 4.70 Å². The normalized spacial score (nSPS) is 10.9. The molecule has 0 N–H and O–H groups in total. The third-order valence-electron chi connectivity index (χ3n) is 0. The Bertz CT molecular complexity index is 55.1. The van der Waals surface area contributed by atoms with E-state index in [9.17, 15) is 0 Å². The van der Waals surface area contributed by atoms with E-state index in [1.807, 2.05) is 0 Å². The first kappa shape index (κ1) is 17.8. The minimum atomic E-state index is 0. The van der Waals surface area contributed by atoms with Crippen molar-refractivity contribution in [1.29, 1.82) is 0 Å². The van der Waals surface area contributed by atoms with Gasteiger partial charge in [0.2, 0.25) is 0 Å². The maximum Gasteiger partial charge on any atom is -0.0235 e. The lowest BCUT2D eigenvalue weighted by molar-refractivity contribution is 0.804. The number of hydrogen-bond donors (Lipinski definition) is 0. The highest BCUT2D eigenvalue weighted by atomic mass is 31.0. The van der Waals surface area contributed by atoms with E-state index in [0.29, 0.717) is 10.3 Å². The minimum Gasteiger partial charge on any atom is -0.269 e. The van der Waals surface area contributed by atoms with Gasteiger partial charge >= 0.3 is 0 Å². The van der Waals surface area contributed by atoms with Gasteiger partial charge in [-0.1, -0.05) is 41.5 Å². The fourth-order valence-electron chi connectivity index (χ4n) is 0. The van der Waals surface area contributed by atoms with Crippen LogP contribution in [-0.4, -0.2) is 10.3 Å². The predicted molar refractivity (Wildman–Crippen MR) is 61.4 cm³/mol. The highest BCUT2D eigenvalue weighted by molar-refractivity contribution is 7.18. The quantitative estimate of drug-likeness (QED) is 0.525. The van der Waals surface area contributed by atoms with Crippen LogP contribution < -0.4 is 0 Å². The zero-order valence-corrected chi connectivity index (χ0v) is 10.9. The molecule has 2 unspecified atom stereocenters. The SMILES string of the molecule is CC(C)(C)P.CC(C)(C)P.F. The summed E-state index contributed by atoms with van der Waals surface area (Å²) in [6, 6.07) is 0. The summed E-state index contributed by atoms with van der Waals surface area (Å²) in [5.41, 5.74) is 0. The average Bonchev–Trinajstić information content (AvgIpc) is 1.12. The molecule has 0 aliphatic rings. The van der Waals surface area contributed by atoms with Gasteiger partial charge < -0.3 is 0 Å². The molecule has 0 saturated carbocycles. The second-order valence-corrected chi connectivity index (χ2v) is 8.20. The smallest absolute Gasteiger partial charge is 0.0235 e. The second-order valence-electron chi connectivity index (χ2n) is 4.73. The van der Waals surface area contributed by atoms with Crippen molar-refractivity contribution < 1.29 is 4.70 Å². The van der Waals surface area contributed by atoms with E-state index in [-0.39, 0.29) is 4.70 Å². The molecule has 0 aliphatic carbocycles. The molecule has 0 radical (unpaired) electrons. The Balaban J connectivity index is -0.000000107. The lowest BCUT2D eigenvalue weighted by atomic mass is 10.3. The van der Waals surface area contributed by atoms with Gasteiger partial charge in [0.25, 0.3) is 0 Å². The van der Waals surface area contributed by atoms with Crippen molar-refractivity contribution in [2.45, 2.75) is 51.9 Å². The van der Waals surface area contributed by atoms with Crippen molar-refractivity contribution in [1.82, 2.24) is 0 Å². The van der Waals surface area contributed by atoms with Crippen molar-refractivity contribution >= 4 is 18.5 Å². The largest absolute Gasteiger partial charge is 0.269 e. The van der Waals surface area contributed by atoms with Crippen molar-refractivity contribution in [3.8, 4) is 0 Å². The fraction of sp³-hybridized carbons (Fsp3) is 1.00. The first-order valence-electron chi connectivity index (χ1n) is 3.58. The second kappa shape index (κ2) is 6.32. The summed E-state index contributed by atoms with van der Waals surface area (Å²) in [6.07, 6.45) is 0. The van der Waals surface area contributed by atoms with E-state index in [0.717, 1.165) is 0 Å². The molecule has 0 nitrogen and oxygen atoms in total. The molecule has 0 fully saturated rings. The van der Waals surface area contributed by atoms with Crippen LogP contribution in [0.2, 0.25) is 0 Å². The fourth-order valence-corrected chi connectivity index (χ4v) is 0. The summed E-state index contributed by atoms with van der Waals surface area (Å²) in [6.45, 7) is 12.9. The van der Waals surface area contributed by atoms with Crippen LogP contribution >= 0.6 is 18.5 Å². The first-order valence-corrected chi connectivity index (χ1v) is 4.73. The number of hydrogen-bond acceptors (Lipinski definition) is 0. The maximum absolute atomic E-state index is 2.72. The van der Waals surface area contributed by atoms with Gasteiger partial charge in [-0.15, -0.1) is 18.5 Å². The molecule has 0 heterocycles. The van der Waals surface area contributed by atoms with Gasteiger partial charge in [0.1, 0.15) is 0 Å². The zero-order valence-electron chi connectivity index (χ0n) is 8.56. The van der Waals surface area contributed by atoms with Gasteiger partial charge in [0.05, 0.1) is 0 Å². The molecule has 0 aromatic heterocycles. The Morgan fingerprint density at radius 2 is 0.636 bits per heavy atom. The van der Waals surface area contributed by atoms with Gasteiger partial charge in [-0.2, -0.15) is 0 Å². The molecule has 0 saturated heterocycles. The monoisotopic (exact) mass is 200 g/mol. The summed E-state index contributed by atoms with van der Waals surface area (Å²) in [4.78, 5) is 0. The van der Waals surface area contributed by atoms with Crippen LogP contribution in [0.25, 0.3) is 0 Å². The lowest BCUT2D eigenvalue weighted by Crippen LogP contribution is -1.97. The standard InChI is InChI=1S/2C4H11P.FH/c2*1-4(2,3)5;/h2*5H2,1-3H3;1H. The Kier molecular flexibility index (Phi) is 10.2. The molecular weight excluding hydrogens is 177 g/mol. The minimum absolute atomic E-state index is 0. The van der Waals surface area contributed by atoms with Crippen LogP contribution in [0.4, 0.5) is 4.70 Å². The molecule has 72 valence electrons. The molecule has 0 aromatic rings. The Hall–Kier alpha value is 0.790. The summed E-state index contributed by atoms with van der Waals surface area (Å²) in [5.74, 6) is 0. The molecule has 0 rings (SSSR count). The van der Waals surface area contributed by atoms with Gasteiger partial charge in [0, 0.05) is 0 Å². The van der Waals surface area contributed by atoms with E-state index in [1.165, 1.54) is 0 Å². The van der Waals surface area contributed by atoms with E-state index < -0.39 is 0 Å². The van der Waals surface area contributed by atoms with Crippen molar-refractivity contribution in [3.05, 3.63) is 0 Å². The Labute approximate surface area is 75.7 Å². The average molecular weight is 200 g/mol. The highest BCUT2D eigenvalue weighted by Gasteiger charge is 1.96. The third kappa shape index (κ3) is 1340. The molecule has 0 amide bonds. The Morgan fingerprint density at radius 3 is 0.636 bits per heavy atom. The van der Waals surface area contributed by atoms with Crippen LogP contribution in [0.3, 0.4) is 0 Å². The highest BCUT2D eigenvalue weighted by Crippen LogP contribution is 2.12. The molecule has 0 aromatic carbocycles. The van der Waals surface area contributed by atoms with Gasteiger partial charge in [-0.05, 0) is 10.3 Å². The van der Waals surface area contributed by atoms with Crippen LogP contribution in [-0.2, 0) is 0 Å². The molecule has 3 heteroatoms. The van der Waals surface area contributed by atoms with Gasteiger partial charge in [-0.25, -0.2) is 0 Å².